The Labute approximate surface area is 109 Å². The largest absolute Gasteiger partial charge is 0.350 e. The Morgan fingerprint density at radius 1 is 1.22 bits per heavy atom. The number of hydrogen-bond acceptors (Lipinski definition) is 3. The lowest BCUT2D eigenvalue weighted by atomic mass is 9.99. The molecule has 3 nitrogen and oxygen atoms in total. The Balaban J connectivity index is 1.94. The molecule has 1 aromatic carbocycles. The monoisotopic (exact) mass is 249 g/mol. The van der Waals surface area contributed by atoms with Gasteiger partial charge in [0.05, 0.1) is 13.2 Å². The van der Waals surface area contributed by atoms with E-state index in [2.05, 4.69) is 37.4 Å². The molecule has 1 aromatic rings. The molecule has 100 valence electrons. The van der Waals surface area contributed by atoms with E-state index in [1.54, 1.807) is 0 Å². The van der Waals surface area contributed by atoms with Gasteiger partial charge in [-0.3, -0.25) is 0 Å². The highest BCUT2D eigenvalue weighted by Crippen LogP contribution is 2.16. The summed E-state index contributed by atoms with van der Waals surface area (Å²) in [7, 11) is 2.00. The van der Waals surface area contributed by atoms with Crippen LogP contribution >= 0.6 is 0 Å². The maximum Gasteiger partial charge on any atom is 0.159 e. The molecule has 0 aliphatic carbocycles. The topological polar surface area (TPSA) is 30.5 Å². The van der Waals surface area contributed by atoms with Crippen LogP contribution in [0.25, 0.3) is 0 Å². The summed E-state index contributed by atoms with van der Waals surface area (Å²) >= 11 is 0. The summed E-state index contributed by atoms with van der Waals surface area (Å²) in [5, 5.41) is 3.35. The highest BCUT2D eigenvalue weighted by atomic mass is 16.7. The minimum Gasteiger partial charge on any atom is -0.350 e. The molecule has 1 saturated heterocycles. The number of likely N-dealkylation sites (N-methyl/N-ethyl adjacent to an activating group) is 1. The molecule has 0 saturated carbocycles. The van der Waals surface area contributed by atoms with Gasteiger partial charge in [0.1, 0.15) is 0 Å². The molecular formula is C15H23NO2. The fourth-order valence-electron chi connectivity index (χ4n) is 2.29. The maximum atomic E-state index is 5.50. The van der Waals surface area contributed by atoms with Crippen LogP contribution in [0, 0.1) is 13.8 Å². The summed E-state index contributed by atoms with van der Waals surface area (Å²) in [6.45, 7) is 5.76. The lowest BCUT2D eigenvalue weighted by Gasteiger charge is -2.19. The van der Waals surface area contributed by atoms with E-state index in [1.807, 2.05) is 7.05 Å². The van der Waals surface area contributed by atoms with Crippen LogP contribution < -0.4 is 5.32 Å². The van der Waals surface area contributed by atoms with Crippen molar-refractivity contribution < 1.29 is 9.47 Å². The van der Waals surface area contributed by atoms with Crippen molar-refractivity contribution in [2.75, 3.05) is 20.3 Å². The van der Waals surface area contributed by atoms with Gasteiger partial charge >= 0.3 is 0 Å². The van der Waals surface area contributed by atoms with Crippen molar-refractivity contribution in [3.05, 3.63) is 34.9 Å². The summed E-state index contributed by atoms with van der Waals surface area (Å²) in [5.74, 6) is 0. The number of hydrogen-bond donors (Lipinski definition) is 1. The second kappa shape index (κ2) is 6.32. The smallest absolute Gasteiger partial charge is 0.159 e. The Morgan fingerprint density at radius 3 is 2.56 bits per heavy atom. The lowest BCUT2D eigenvalue weighted by molar-refractivity contribution is -0.0522. The average molecular weight is 249 g/mol. The number of benzene rings is 1. The lowest BCUT2D eigenvalue weighted by Crippen LogP contribution is -2.32. The highest BCUT2D eigenvalue weighted by Gasteiger charge is 2.20. The maximum absolute atomic E-state index is 5.50. The Bertz CT molecular complexity index is 386. The van der Waals surface area contributed by atoms with E-state index in [9.17, 15) is 0 Å². The molecule has 0 radical (unpaired) electrons. The van der Waals surface area contributed by atoms with E-state index in [0.29, 0.717) is 6.04 Å². The van der Waals surface area contributed by atoms with E-state index in [-0.39, 0.29) is 6.29 Å². The van der Waals surface area contributed by atoms with Crippen LogP contribution in [0.2, 0.25) is 0 Å². The van der Waals surface area contributed by atoms with Crippen LogP contribution in [-0.4, -0.2) is 32.6 Å². The van der Waals surface area contributed by atoms with E-state index in [4.69, 9.17) is 9.47 Å². The number of ether oxygens (including phenoxy) is 2. The fraction of sp³-hybridized carbons (Fsp3) is 0.600. The summed E-state index contributed by atoms with van der Waals surface area (Å²) < 4.78 is 11.0. The van der Waals surface area contributed by atoms with Gasteiger partial charge < -0.3 is 14.8 Å². The third-order valence-electron chi connectivity index (χ3n) is 3.63. The van der Waals surface area contributed by atoms with E-state index >= 15 is 0 Å². The molecule has 0 amide bonds. The van der Waals surface area contributed by atoms with Gasteiger partial charge in [0.2, 0.25) is 0 Å². The van der Waals surface area contributed by atoms with E-state index in [0.717, 1.165) is 26.1 Å². The van der Waals surface area contributed by atoms with Gasteiger partial charge in [0.15, 0.2) is 6.29 Å². The van der Waals surface area contributed by atoms with Crippen molar-refractivity contribution in [3.8, 4) is 0 Å². The summed E-state index contributed by atoms with van der Waals surface area (Å²) in [6, 6.07) is 7.08. The minimum absolute atomic E-state index is 0.0333. The van der Waals surface area contributed by atoms with Gasteiger partial charge in [-0.15, -0.1) is 0 Å². The second-order valence-electron chi connectivity index (χ2n) is 5.02. The molecule has 0 spiro atoms. The van der Waals surface area contributed by atoms with Crippen LogP contribution in [0.15, 0.2) is 18.2 Å². The second-order valence-corrected chi connectivity index (χ2v) is 5.02. The van der Waals surface area contributed by atoms with Crippen LogP contribution in [0.5, 0.6) is 0 Å². The Kier molecular flexibility index (Phi) is 4.75. The SMILES string of the molecule is CNC(Cc1ccc(C)c(C)c1)CC1OCCO1. The zero-order valence-electron chi connectivity index (χ0n) is 11.5. The predicted octanol–water partition coefficient (Wildman–Crippen LogP) is 2.20. The fourth-order valence-corrected chi connectivity index (χ4v) is 2.29. The third kappa shape index (κ3) is 3.55. The summed E-state index contributed by atoms with van der Waals surface area (Å²) in [4.78, 5) is 0. The van der Waals surface area contributed by atoms with Crippen molar-refractivity contribution in [1.82, 2.24) is 5.32 Å². The van der Waals surface area contributed by atoms with Crippen LogP contribution in [0.4, 0.5) is 0 Å². The first-order valence-corrected chi connectivity index (χ1v) is 6.65. The average Bonchev–Trinajstić information content (AvgIpc) is 2.86. The third-order valence-corrected chi connectivity index (χ3v) is 3.63. The first kappa shape index (κ1) is 13.5. The molecule has 1 atom stereocenters. The molecule has 0 bridgehead atoms. The van der Waals surface area contributed by atoms with Crippen LogP contribution in [0.1, 0.15) is 23.1 Å². The highest BCUT2D eigenvalue weighted by molar-refractivity contribution is 5.30. The van der Waals surface area contributed by atoms with Gasteiger partial charge in [-0.1, -0.05) is 18.2 Å². The molecule has 1 fully saturated rings. The zero-order valence-corrected chi connectivity index (χ0v) is 11.5. The molecular weight excluding hydrogens is 226 g/mol. The molecule has 1 aliphatic rings. The minimum atomic E-state index is -0.0333. The molecule has 1 heterocycles. The molecule has 0 aromatic heterocycles. The summed E-state index contributed by atoms with van der Waals surface area (Å²) in [5.41, 5.74) is 4.08. The van der Waals surface area contributed by atoms with Gasteiger partial charge in [-0.05, 0) is 44.0 Å². The molecule has 1 N–H and O–H groups in total. The number of rotatable bonds is 5. The first-order chi connectivity index (χ1) is 8.69. The van der Waals surface area contributed by atoms with Crippen molar-refractivity contribution in [2.24, 2.45) is 0 Å². The quantitative estimate of drug-likeness (QED) is 0.868. The van der Waals surface area contributed by atoms with E-state index < -0.39 is 0 Å². The van der Waals surface area contributed by atoms with Crippen molar-refractivity contribution in [1.29, 1.82) is 0 Å². The van der Waals surface area contributed by atoms with Gasteiger partial charge in [-0.25, -0.2) is 0 Å². The Morgan fingerprint density at radius 2 is 1.94 bits per heavy atom. The zero-order chi connectivity index (χ0) is 13.0. The standard InChI is InChI=1S/C15H23NO2/c1-11-4-5-13(8-12(11)2)9-14(16-3)10-15-17-6-7-18-15/h4-5,8,14-16H,6-7,9-10H2,1-3H3. The molecule has 3 heteroatoms. The number of aryl methyl sites for hydroxylation is 2. The molecule has 1 aliphatic heterocycles. The van der Waals surface area contributed by atoms with Gasteiger partial charge in [0.25, 0.3) is 0 Å². The van der Waals surface area contributed by atoms with E-state index in [1.165, 1.54) is 16.7 Å². The van der Waals surface area contributed by atoms with Gasteiger partial charge in [-0.2, -0.15) is 0 Å². The first-order valence-electron chi connectivity index (χ1n) is 6.65. The normalized spacial score (nSPS) is 18.2. The van der Waals surface area contributed by atoms with Crippen molar-refractivity contribution in [3.63, 3.8) is 0 Å². The number of nitrogens with one attached hydrogen (secondary N) is 1. The molecule has 1 unspecified atom stereocenters. The van der Waals surface area contributed by atoms with Crippen molar-refractivity contribution in [2.45, 2.75) is 39.0 Å². The summed E-state index contributed by atoms with van der Waals surface area (Å²) in [6.07, 6.45) is 1.89. The Hall–Kier alpha value is -0.900. The predicted molar refractivity (Wildman–Crippen MR) is 72.8 cm³/mol. The van der Waals surface area contributed by atoms with Crippen LogP contribution in [0.3, 0.4) is 0 Å². The molecule has 2 rings (SSSR count). The molecule has 18 heavy (non-hydrogen) atoms. The van der Waals surface area contributed by atoms with Crippen LogP contribution in [-0.2, 0) is 15.9 Å². The van der Waals surface area contributed by atoms with Gasteiger partial charge in [0, 0.05) is 12.5 Å². The van der Waals surface area contributed by atoms with Crippen molar-refractivity contribution >= 4 is 0 Å².